The number of isocyanates is 2. The highest BCUT2D eigenvalue weighted by Crippen LogP contribution is 1.97. The number of aliphatic imine (C=N–C) groups is 2. The van der Waals surface area contributed by atoms with Crippen LogP contribution in [0.2, 0.25) is 0 Å². The Labute approximate surface area is 80.0 Å². The molecule has 0 saturated carbocycles. The van der Waals surface area contributed by atoms with Gasteiger partial charge in [-0.3, -0.25) is 0 Å². The highest BCUT2D eigenvalue weighted by molar-refractivity contribution is 5.86. The van der Waals surface area contributed by atoms with Crippen LogP contribution in [0.15, 0.2) is 22.1 Å². The first-order valence-corrected chi connectivity index (χ1v) is 3.58. The van der Waals surface area contributed by atoms with Crippen molar-refractivity contribution in [1.29, 1.82) is 0 Å². The highest BCUT2D eigenvalue weighted by atomic mass is 16.5. The van der Waals surface area contributed by atoms with Gasteiger partial charge in [0.05, 0.1) is 0 Å². The normalized spacial score (nSPS) is 10.4. The van der Waals surface area contributed by atoms with E-state index in [4.69, 9.17) is 0 Å². The average molecular weight is 196 g/mol. The molecule has 74 valence electrons. The van der Waals surface area contributed by atoms with Gasteiger partial charge in [0.25, 0.3) is 0 Å². The number of carbonyl (C=O) groups is 1. The molecule has 14 heavy (non-hydrogen) atoms. The predicted molar refractivity (Wildman–Crippen MR) is 45.8 cm³/mol. The lowest BCUT2D eigenvalue weighted by Crippen LogP contribution is -2.15. The van der Waals surface area contributed by atoms with Gasteiger partial charge in [-0.1, -0.05) is 6.58 Å². The summed E-state index contributed by atoms with van der Waals surface area (Å²) < 4.78 is 4.59. The van der Waals surface area contributed by atoms with Gasteiger partial charge in [-0.15, -0.1) is 0 Å². The smallest absolute Gasteiger partial charge is 0.333 e. The molecule has 6 nitrogen and oxygen atoms in total. The second-order valence-corrected chi connectivity index (χ2v) is 2.30. The molecular formula is C8H8N2O4. The van der Waals surface area contributed by atoms with Gasteiger partial charge in [-0.05, 0) is 6.92 Å². The molecule has 0 unspecified atom stereocenters. The number of ether oxygens (including phenoxy) is 1. The molecule has 0 rings (SSSR count). The summed E-state index contributed by atoms with van der Waals surface area (Å²) in [7, 11) is 0. The fourth-order valence-corrected chi connectivity index (χ4v) is 0.499. The van der Waals surface area contributed by atoms with E-state index in [1.165, 1.54) is 19.1 Å². The minimum Gasteiger partial charge on any atom is -0.458 e. The van der Waals surface area contributed by atoms with E-state index >= 15 is 0 Å². The summed E-state index contributed by atoms with van der Waals surface area (Å²) in [5.41, 5.74) is 0.203. The Morgan fingerprint density at radius 1 is 1.43 bits per heavy atom. The maximum Gasteiger partial charge on any atom is 0.333 e. The first-order chi connectivity index (χ1) is 6.61. The topological polar surface area (TPSA) is 85.2 Å². The largest absolute Gasteiger partial charge is 0.458 e. The molecule has 0 saturated heterocycles. The van der Waals surface area contributed by atoms with Crippen molar-refractivity contribution < 1.29 is 19.1 Å². The van der Waals surface area contributed by atoms with Crippen LogP contribution in [0.25, 0.3) is 0 Å². The molecule has 0 aliphatic carbocycles. The number of nitrogens with zero attached hydrogens (tertiary/aromatic N) is 2. The number of rotatable bonds is 5. The van der Waals surface area contributed by atoms with E-state index in [2.05, 4.69) is 21.3 Å². The lowest BCUT2D eigenvalue weighted by atomic mass is 10.4. The van der Waals surface area contributed by atoms with E-state index in [0.717, 1.165) is 0 Å². The molecule has 0 aliphatic rings. The molecule has 0 heterocycles. The van der Waals surface area contributed by atoms with E-state index in [9.17, 15) is 14.4 Å². The molecule has 0 amide bonds. The van der Waals surface area contributed by atoms with Crippen molar-refractivity contribution in [2.24, 2.45) is 9.98 Å². The second-order valence-electron chi connectivity index (χ2n) is 2.30. The van der Waals surface area contributed by atoms with Gasteiger partial charge in [0, 0.05) is 5.57 Å². The Morgan fingerprint density at radius 3 is 2.29 bits per heavy atom. The number of hydrogen-bond donors (Lipinski definition) is 0. The average Bonchev–Trinajstić information content (AvgIpc) is 2.14. The van der Waals surface area contributed by atoms with Crippen molar-refractivity contribution in [2.45, 2.75) is 13.1 Å². The standard InChI is InChI=1S/C8H8N2O4/c1-6(2)8(13)14-3-7(9-4-11)10-5-12/h7H,1,3H2,2H3. The molecule has 6 heteroatoms. The zero-order valence-corrected chi connectivity index (χ0v) is 7.52. The van der Waals surface area contributed by atoms with Crippen LogP contribution in [-0.4, -0.2) is 30.9 Å². The van der Waals surface area contributed by atoms with E-state index in [1.54, 1.807) is 0 Å². The molecule has 0 bridgehead atoms. The Balaban J connectivity index is 4.19. The van der Waals surface area contributed by atoms with Gasteiger partial charge in [0.15, 0.2) is 6.17 Å². The van der Waals surface area contributed by atoms with Crippen molar-refractivity contribution in [1.82, 2.24) is 0 Å². The third-order valence-electron chi connectivity index (χ3n) is 1.12. The van der Waals surface area contributed by atoms with Crippen molar-refractivity contribution in [3.05, 3.63) is 12.2 Å². The number of carbonyl (C=O) groups excluding carboxylic acids is 3. The van der Waals surface area contributed by atoms with Crippen molar-refractivity contribution in [2.75, 3.05) is 6.61 Å². The Hall–Kier alpha value is -2.03. The first kappa shape index (κ1) is 12.0. The van der Waals surface area contributed by atoms with Crippen molar-refractivity contribution in [3.8, 4) is 0 Å². The Kier molecular flexibility index (Phi) is 5.54. The minimum absolute atomic E-state index is 0.203. The van der Waals surface area contributed by atoms with Gasteiger partial charge in [0.2, 0.25) is 12.2 Å². The predicted octanol–water partition coefficient (Wildman–Crippen LogP) is 0.103. The van der Waals surface area contributed by atoms with Crippen LogP contribution < -0.4 is 0 Å². The zero-order valence-electron chi connectivity index (χ0n) is 7.52. The molecule has 0 N–H and O–H groups in total. The van der Waals surface area contributed by atoms with Crippen LogP contribution in [-0.2, 0) is 19.1 Å². The molecule has 0 aromatic carbocycles. The van der Waals surface area contributed by atoms with Gasteiger partial charge >= 0.3 is 5.97 Å². The molecule has 0 aliphatic heterocycles. The number of esters is 1. The highest BCUT2D eigenvalue weighted by Gasteiger charge is 2.09. The molecule has 0 atom stereocenters. The summed E-state index contributed by atoms with van der Waals surface area (Å²) in [5.74, 6) is -0.641. The second kappa shape index (κ2) is 6.48. The van der Waals surface area contributed by atoms with E-state index in [0.29, 0.717) is 0 Å². The van der Waals surface area contributed by atoms with E-state index < -0.39 is 12.1 Å². The summed E-state index contributed by atoms with van der Waals surface area (Å²) in [6, 6.07) is 0. The van der Waals surface area contributed by atoms with Crippen LogP contribution >= 0.6 is 0 Å². The maximum atomic E-state index is 10.9. The lowest BCUT2D eigenvalue weighted by molar-refractivity contribution is -0.139. The molecule has 0 aromatic rings. The van der Waals surface area contributed by atoms with Gasteiger partial charge < -0.3 is 4.74 Å². The Bertz CT molecular complexity index is 306. The SMILES string of the molecule is C=C(C)C(=O)OCC(N=C=O)N=C=O. The van der Waals surface area contributed by atoms with Gasteiger partial charge in [0.1, 0.15) is 6.61 Å². The quantitative estimate of drug-likeness (QED) is 0.270. The molecule has 0 radical (unpaired) electrons. The molecule has 0 spiro atoms. The van der Waals surface area contributed by atoms with Crippen LogP contribution in [0.1, 0.15) is 6.92 Å². The Morgan fingerprint density at radius 2 is 1.93 bits per heavy atom. The molecular weight excluding hydrogens is 188 g/mol. The fourth-order valence-electron chi connectivity index (χ4n) is 0.499. The van der Waals surface area contributed by atoms with Crippen molar-refractivity contribution >= 4 is 18.1 Å². The molecule has 0 fully saturated rings. The van der Waals surface area contributed by atoms with E-state index in [-0.39, 0.29) is 12.2 Å². The molecule has 0 aromatic heterocycles. The fraction of sp³-hybridized carbons (Fsp3) is 0.375. The van der Waals surface area contributed by atoms with Crippen LogP contribution in [0.4, 0.5) is 0 Å². The third-order valence-corrected chi connectivity index (χ3v) is 1.12. The summed E-state index contributed by atoms with van der Waals surface area (Å²) in [5, 5.41) is 0. The summed E-state index contributed by atoms with van der Waals surface area (Å²) in [6.45, 7) is 4.49. The third kappa shape index (κ3) is 4.77. The summed E-state index contributed by atoms with van der Waals surface area (Å²) in [6.07, 6.45) is 1.31. The maximum absolute atomic E-state index is 10.9. The van der Waals surface area contributed by atoms with Gasteiger partial charge in [-0.25, -0.2) is 14.4 Å². The minimum atomic E-state index is -1.08. The van der Waals surface area contributed by atoms with Gasteiger partial charge in [-0.2, -0.15) is 9.98 Å². The van der Waals surface area contributed by atoms with Crippen LogP contribution in [0, 0.1) is 0 Å². The van der Waals surface area contributed by atoms with Crippen LogP contribution in [0.5, 0.6) is 0 Å². The van der Waals surface area contributed by atoms with E-state index in [1.807, 2.05) is 0 Å². The first-order valence-electron chi connectivity index (χ1n) is 3.58. The summed E-state index contributed by atoms with van der Waals surface area (Å²) >= 11 is 0. The zero-order chi connectivity index (χ0) is 11.0. The van der Waals surface area contributed by atoms with Crippen molar-refractivity contribution in [3.63, 3.8) is 0 Å². The lowest BCUT2D eigenvalue weighted by Gasteiger charge is -2.04. The summed E-state index contributed by atoms with van der Waals surface area (Å²) in [4.78, 5) is 36.7. The number of hydrogen-bond acceptors (Lipinski definition) is 6. The monoisotopic (exact) mass is 196 g/mol. The van der Waals surface area contributed by atoms with Crippen LogP contribution in [0.3, 0.4) is 0 Å².